The van der Waals surface area contributed by atoms with Crippen LogP contribution >= 0.6 is 0 Å². The Bertz CT molecular complexity index is 237. The highest BCUT2D eigenvalue weighted by Gasteiger charge is 2.50. The molecule has 14 heavy (non-hydrogen) atoms. The van der Waals surface area contributed by atoms with Crippen LogP contribution in [0, 0.1) is 10.8 Å². The Morgan fingerprint density at radius 3 is 1.64 bits per heavy atom. The second-order valence-electron chi connectivity index (χ2n) is 6.20. The molecule has 3 heteroatoms. The number of carboxylic acids is 1. The van der Waals surface area contributed by atoms with Crippen LogP contribution in [0.4, 0.5) is 0 Å². The molecule has 0 atom stereocenters. The van der Waals surface area contributed by atoms with Crippen molar-refractivity contribution in [2.24, 2.45) is 10.8 Å². The number of aliphatic carboxylic acids is 1. The van der Waals surface area contributed by atoms with E-state index in [1.54, 1.807) is 0 Å². The maximum absolute atomic E-state index is 11.0. The Kier molecular flexibility index (Phi) is 2.43. The Hall–Kier alpha value is -0.570. The molecule has 0 aromatic rings. The van der Waals surface area contributed by atoms with Crippen molar-refractivity contribution >= 4 is 5.97 Å². The number of hydrogen-bond donors (Lipinski definition) is 2. The first-order valence-corrected chi connectivity index (χ1v) is 5.02. The van der Waals surface area contributed by atoms with Crippen LogP contribution in [0.5, 0.6) is 0 Å². The summed E-state index contributed by atoms with van der Waals surface area (Å²) in [5.74, 6) is -1.08. The van der Waals surface area contributed by atoms with E-state index in [1.165, 1.54) is 0 Å². The van der Waals surface area contributed by atoms with Gasteiger partial charge in [-0.3, -0.25) is 0 Å². The quantitative estimate of drug-likeness (QED) is 0.681. The molecule has 1 aliphatic rings. The highest BCUT2D eigenvalue weighted by Crippen LogP contribution is 2.50. The van der Waals surface area contributed by atoms with Crippen molar-refractivity contribution in [3.63, 3.8) is 0 Å². The largest absolute Gasteiger partial charge is 0.479 e. The third-order valence-electron chi connectivity index (χ3n) is 2.90. The summed E-state index contributed by atoms with van der Waals surface area (Å²) in [5, 5.41) is 19.0. The fourth-order valence-electron chi connectivity index (χ4n) is 3.22. The average Bonchev–Trinajstić information content (AvgIpc) is 1.76. The van der Waals surface area contributed by atoms with Gasteiger partial charge in [-0.15, -0.1) is 0 Å². The third kappa shape index (κ3) is 2.27. The first-order valence-electron chi connectivity index (χ1n) is 5.02. The van der Waals surface area contributed by atoms with E-state index >= 15 is 0 Å². The van der Waals surface area contributed by atoms with Crippen molar-refractivity contribution in [1.29, 1.82) is 0 Å². The van der Waals surface area contributed by atoms with Gasteiger partial charge in [-0.2, -0.15) is 0 Å². The molecule has 1 saturated carbocycles. The van der Waals surface area contributed by atoms with Crippen LogP contribution in [0.15, 0.2) is 0 Å². The molecule has 82 valence electrons. The van der Waals surface area contributed by atoms with E-state index in [0.29, 0.717) is 12.8 Å². The van der Waals surface area contributed by atoms with Gasteiger partial charge in [0.05, 0.1) is 0 Å². The smallest absolute Gasteiger partial charge is 0.335 e. The van der Waals surface area contributed by atoms with Crippen molar-refractivity contribution in [3.05, 3.63) is 0 Å². The molecule has 0 aromatic carbocycles. The number of hydrogen-bond acceptors (Lipinski definition) is 2. The predicted molar refractivity (Wildman–Crippen MR) is 54.0 cm³/mol. The van der Waals surface area contributed by atoms with Gasteiger partial charge in [-0.25, -0.2) is 4.79 Å². The van der Waals surface area contributed by atoms with Gasteiger partial charge in [-0.1, -0.05) is 27.7 Å². The molecule has 0 unspecified atom stereocenters. The lowest BCUT2D eigenvalue weighted by Crippen LogP contribution is -2.51. The van der Waals surface area contributed by atoms with Crippen molar-refractivity contribution in [2.75, 3.05) is 0 Å². The Labute approximate surface area is 85.1 Å². The van der Waals surface area contributed by atoms with E-state index in [-0.39, 0.29) is 10.8 Å². The molecule has 0 heterocycles. The summed E-state index contributed by atoms with van der Waals surface area (Å²) in [6.07, 6.45) is 1.65. The minimum atomic E-state index is -1.54. The lowest BCUT2D eigenvalue weighted by atomic mass is 9.59. The zero-order valence-corrected chi connectivity index (χ0v) is 9.42. The molecular formula is C11H20O3. The van der Waals surface area contributed by atoms with Gasteiger partial charge in [0.15, 0.2) is 5.60 Å². The standard InChI is InChI=1S/C11H20O3/c1-9(2)5-10(3,4)7-11(14,6-9)8(12)13/h14H,5-7H2,1-4H3,(H,12,13). The third-order valence-corrected chi connectivity index (χ3v) is 2.90. The van der Waals surface area contributed by atoms with Crippen LogP contribution in [0.1, 0.15) is 47.0 Å². The summed E-state index contributed by atoms with van der Waals surface area (Å²) in [6, 6.07) is 0. The minimum absolute atomic E-state index is 0.102. The maximum Gasteiger partial charge on any atom is 0.335 e. The molecule has 0 aromatic heterocycles. The number of carboxylic acid groups (broad SMARTS) is 1. The summed E-state index contributed by atoms with van der Waals surface area (Å²) in [7, 11) is 0. The van der Waals surface area contributed by atoms with Crippen molar-refractivity contribution in [1.82, 2.24) is 0 Å². The number of rotatable bonds is 1. The maximum atomic E-state index is 11.0. The molecule has 0 bridgehead atoms. The van der Waals surface area contributed by atoms with E-state index in [9.17, 15) is 9.90 Å². The highest BCUT2D eigenvalue weighted by atomic mass is 16.4. The molecule has 1 fully saturated rings. The van der Waals surface area contributed by atoms with Crippen LogP contribution in [-0.2, 0) is 4.79 Å². The summed E-state index contributed by atoms with van der Waals surface area (Å²) >= 11 is 0. The molecule has 0 radical (unpaired) electrons. The first kappa shape index (κ1) is 11.5. The Morgan fingerprint density at radius 1 is 1.00 bits per heavy atom. The normalized spacial score (nSPS) is 28.4. The van der Waals surface area contributed by atoms with E-state index in [4.69, 9.17) is 5.11 Å². The zero-order valence-electron chi connectivity index (χ0n) is 9.42. The Balaban J connectivity index is 2.97. The van der Waals surface area contributed by atoms with Crippen LogP contribution < -0.4 is 0 Å². The van der Waals surface area contributed by atoms with Gasteiger partial charge in [0, 0.05) is 0 Å². The Morgan fingerprint density at radius 2 is 1.36 bits per heavy atom. The van der Waals surface area contributed by atoms with Gasteiger partial charge in [0.1, 0.15) is 0 Å². The van der Waals surface area contributed by atoms with Gasteiger partial charge in [0.25, 0.3) is 0 Å². The molecule has 0 aliphatic heterocycles. The van der Waals surface area contributed by atoms with Crippen molar-refractivity contribution in [3.8, 4) is 0 Å². The zero-order chi connectivity index (χ0) is 11.2. The second kappa shape index (κ2) is 2.96. The average molecular weight is 200 g/mol. The number of carbonyl (C=O) groups is 1. The van der Waals surface area contributed by atoms with Crippen LogP contribution in [0.3, 0.4) is 0 Å². The molecule has 2 N–H and O–H groups in total. The lowest BCUT2D eigenvalue weighted by molar-refractivity contribution is -0.173. The van der Waals surface area contributed by atoms with Crippen LogP contribution in [0.25, 0.3) is 0 Å². The van der Waals surface area contributed by atoms with E-state index < -0.39 is 11.6 Å². The monoisotopic (exact) mass is 200 g/mol. The molecule has 1 aliphatic carbocycles. The summed E-state index contributed by atoms with van der Waals surface area (Å²) < 4.78 is 0. The molecule has 3 nitrogen and oxygen atoms in total. The topological polar surface area (TPSA) is 57.5 Å². The fourth-order valence-corrected chi connectivity index (χ4v) is 3.22. The van der Waals surface area contributed by atoms with Gasteiger partial charge < -0.3 is 10.2 Å². The molecule has 0 amide bonds. The molecule has 0 saturated heterocycles. The fraction of sp³-hybridized carbons (Fsp3) is 0.909. The molecular weight excluding hydrogens is 180 g/mol. The van der Waals surface area contributed by atoms with Gasteiger partial charge in [0.2, 0.25) is 0 Å². The summed E-state index contributed by atoms with van der Waals surface area (Å²) in [4.78, 5) is 11.0. The van der Waals surface area contributed by atoms with Crippen LogP contribution in [0.2, 0.25) is 0 Å². The predicted octanol–water partition coefficient (Wildman–Crippen LogP) is 2.04. The van der Waals surface area contributed by atoms with Crippen molar-refractivity contribution < 1.29 is 15.0 Å². The SMILES string of the molecule is CC1(C)CC(C)(C)CC(O)(C(=O)O)C1. The summed E-state index contributed by atoms with van der Waals surface area (Å²) in [6.45, 7) is 8.06. The number of aliphatic hydroxyl groups is 1. The van der Waals surface area contributed by atoms with Crippen molar-refractivity contribution in [2.45, 2.75) is 52.6 Å². The first-order chi connectivity index (χ1) is 6.06. The lowest BCUT2D eigenvalue weighted by Gasteiger charge is -2.47. The van der Waals surface area contributed by atoms with Crippen LogP contribution in [-0.4, -0.2) is 21.8 Å². The molecule has 1 rings (SSSR count). The highest BCUT2D eigenvalue weighted by molar-refractivity contribution is 5.77. The second-order valence-corrected chi connectivity index (χ2v) is 6.20. The van der Waals surface area contributed by atoms with Gasteiger partial charge >= 0.3 is 5.97 Å². The summed E-state index contributed by atoms with van der Waals surface area (Å²) in [5.41, 5.74) is -1.74. The van der Waals surface area contributed by atoms with Gasteiger partial charge in [-0.05, 0) is 30.1 Å². The molecule has 0 spiro atoms. The minimum Gasteiger partial charge on any atom is -0.479 e. The van der Waals surface area contributed by atoms with E-state index in [2.05, 4.69) is 0 Å². The van der Waals surface area contributed by atoms with E-state index in [1.807, 2.05) is 27.7 Å². The van der Waals surface area contributed by atoms with E-state index in [0.717, 1.165) is 6.42 Å².